The van der Waals surface area contributed by atoms with Gasteiger partial charge < -0.3 is 8.83 Å². The van der Waals surface area contributed by atoms with Gasteiger partial charge in [-0.2, -0.15) is 0 Å². The van der Waals surface area contributed by atoms with Crippen LogP contribution in [0.25, 0.3) is 55.0 Å². The molecule has 0 aliphatic rings. The van der Waals surface area contributed by atoms with E-state index in [9.17, 15) is 0 Å². The van der Waals surface area contributed by atoms with Crippen molar-refractivity contribution in [1.82, 2.24) is 0 Å². The van der Waals surface area contributed by atoms with Crippen molar-refractivity contribution in [3.05, 3.63) is 83.9 Å². The van der Waals surface area contributed by atoms with Crippen molar-refractivity contribution >= 4 is 55.5 Å². The maximum atomic E-state index is 6.45. The van der Waals surface area contributed by atoms with E-state index in [1.807, 2.05) is 48.5 Å². The fraction of sp³-hybridized carbons (Fsp3) is 0. The van der Waals surface area contributed by atoms with Crippen LogP contribution in [0.2, 0.25) is 5.02 Å². The Kier molecular flexibility index (Phi) is 2.97. The summed E-state index contributed by atoms with van der Waals surface area (Å²) in [4.78, 5) is 0. The molecule has 128 valence electrons. The molecule has 0 atom stereocenters. The zero-order valence-electron chi connectivity index (χ0n) is 14.2. The summed E-state index contributed by atoms with van der Waals surface area (Å²) in [6, 6.07) is 26.3. The zero-order chi connectivity index (χ0) is 18.0. The van der Waals surface area contributed by atoms with E-state index in [-0.39, 0.29) is 0 Å². The van der Waals surface area contributed by atoms with Crippen LogP contribution in [0.4, 0.5) is 0 Å². The zero-order valence-corrected chi connectivity index (χ0v) is 15.0. The average Bonchev–Trinajstić information content (AvgIpc) is 3.26. The molecule has 2 aromatic heterocycles. The van der Waals surface area contributed by atoms with Crippen LogP contribution >= 0.6 is 11.6 Å². The molecule has 0 radical (unpaired) electrons. The van der Waals surface area contributed by atoms with E-state index >= 15 is 0 Å². The maximum absolute atomic E-state index is 6.45. The minimum absolute atomic E-state index is 0.724. The molecule has 2 nitrogen and oxygen atoms in total. The number of para-hydroxylation sites is 2. The molecule has 0 aliphatic heterocycles. The lowest BCUT2D eigenvalue weighted by molar-refractivity contribution is 0.663. The van der Waals surface area contributed by atoms with Gasteiger partial charge in [0.25, 0.3) is 0 Å². The summed E-state index contributed by atoms with van der Waals surface area (Å²) in [6.07, 6.45) is 0. The van der Waals surface area contributed by atoms with Gasteiger partial charge in [-0.05, 0) is 35.9 Å². The first-order valence-corrected chi connectivity index (χ1v) is 9.19. The fourth-order valence-electron chi connectivity index (χ4n) is 3.92. The first-order chi connectivity index (χ1) is 13.3. The van der Waals surface area contributed by atoms with Crippen LogP contribution in [-0.2, 0) is 0 Å². The van der Waals surface area contributed by atoms with Crippen molar-refractivity contribution in [2.45, 2.75) is 0 Å². The molecule has 0 N–H and O–H groups in total. The van der Waals surface area contributed by atoms with E-state index < -0.39 is 0 Å². The van der Waals surface area contributed by atoms with Crippen molar-refractivity contribution in [3.8, 4) is 11.1 Å². The van der Waals surface area contributed by atoms with Gasteiger partial charge in [0.1, 0.15) is 22.3 Å². The molecule has 2 heterocycles. The Labute approximate surface area is 159 Å². The van der Waals surface area contributed by atoms with Gasteiger partial charge in [0.15, 0.2) is 0 Å². The lowest BCUT2D eigenvalue weighted by atomic mass is 10.0. The molecule has 0 saturated carbocycles. The summed E-state index contributed by atoms with van der Waals surface area (Å²) in [7, 11) is 0. The number of hydrogen-bond donors (Lipinski definition) is 0. The minimum atomic E-state index is 0.724. The molecule has 0 aliphatic carbocycles. The molecule has 27 heavy (non-hydrogen) atoms. The van der Waals surface area contributed by atoms with E-state index in [2.05, 4.69) is 30.3 Å². The number of hydrogen-bond acceptors (Lipinski definition) is 2. The predicted molar refractivity (Wildman–Crippen MR) is 111 cm³/mol. The van der Waals surface area contributed by atoms with Crippen LogP contribution in [-0.4, -0.2) is 0 Å². The molecule has 6 aromatic rings. The standard InChI is InChI=1S/C24H13ClO2/c25-15-10-8-14(9-11-15)16-5-3-6-17-18-12-13-21-22(24(18)27-23(16)17)19-4-1-2-7-20(19)26-21/h1-13H. The molecule has 0 unspecified atom stereocenters. The number of rotatable bonds is 1. The van der Waals surface area contributed by atoms with Gasteiger partial charge in [-0.1, -0.05) is 60.1 Å². The third-order valence-corrected chi connectivity index (χ3v) is 5.41. The summed E-state index contributed by atoms with van der Waals surface area (Å²) in [5.41, 5.74) is 5.61. The molecule has 0 fully saturated rings. The monoisotopic (exact) mass is 368 g/mol. The average molecular weight is 369 g/mol. The highest BCUT2D eigenvalue weighted by atomic mass is 35.5. The van der Waals surface area contributed by atoms with E-state index in [1.165, 1.54) is 0 Å². The third-order valence-electron chi connectivity index (χ3n) is 5.16. The van der Waals surface area contributed by atoms with Crippen molar-refractivity contribution in [3.63, 3.8) is 0 Å². The van der Waals surface area contributed by atoms with E-state index in [0.717, 1.165) is 60.0 Å². The highest BCUT2D eigenvalue weighted by Gasteiger charge is 2.17. The summed E-state index contributed by atoms with van der Waals surface area (Å²) < 4.78 is 12.5. The number of benzene rings is 4. The van der Waals surface area contributed by atoms with E-state index in [0.29, 0.717) is 0 Å². The van der Waals surface area contributed by atoms with E-state index in [4.69, 9.17) is 20.4 Å². The molecule has 0 bridgehead atoms. The second kappa shape index (κ2) is 5.38. The minimum Gasteiger partial charge on any atom is -0.456 e. The van der Waals surface area contributed by atoms with Crippen molar-refractivity contribution in [1.29, 1.82) is 0 Å². The lowest BCUT2D eigenvalue weighted by Crippen LogP contribution is -1.78. The topological polar surface area (TPSA) is 26.3 Å². The van der Waals surface area contributed by atoms with Crippen molar-refractivity contribution in [2.75, 3.05) is 0 Å². The van der Waals surface area contributed by atoms with Gasteiger partial charge in [-0.15, -0.1) is 0 Å². The predicted octanol–water partition coefficient (Wildman–Crippen LogP) is 7.81. The summed E-state index contributed by atoms with van der Waals surface area (Å²) in [5, 5.41) is 5.03. The Hall–Kier alpha value is -3.23. The molecule has 6 rings (SSSR count). The van der Waals surface area contributed by atoms with Crippen LogP contribution < -0.4 is 0 Å². The van der Waals surface area contributed by atoms with Crippen LogP contribution in [0, 0.1) is 0 Å². The van der Waals surface area contributed by atoms with Gasteiger partial charge in [-0.3, -0.25) is 0 Å². The smallest absolute Gasteiger partial charge is 0.147 e. The van der Waals surface area contributed by atoms with Crippen molar-refractivity contribution in [2.24, 2.45) is 0 Å². The summed E-state index contributed by atoms with van der Waals surface area (Å²) in [6.45, 7) is 0. The lowest BCUT2D eigenvalue weighted by Gasteiger charge is -2.02. The normalized spacial score (nSPS) is 11.9. The largest absolute Gasteiger partial charge is 0.456 e. The summed E-state index contributed by atoms with van der Waals surface area (Å²) in [5.74, 6) is 0. The quantitative estimate of drug-likeness (QED) is 0.296. The molecule has 3 heteroatoms. The molecule has 0 spiro atoms. The van der Waals surface area contributed by atoms with Gasteiger partial charge in [0.2, 0.25) is 0 Å². The molecular formula is C24H13ClO2. The van der Waals surface area contributed by atoms with Crippen LogP contribution in [0.15, 0.2) is 87.7 Å². The number of furan rings is 2. The van der Waals surface area contributed by atoms with Crippen LogP contribution in [0.1, 0.15) is 0 Å². The Balaban J connectivity index is 1.77. The van der Waals surface area contributed by atoms with Crippen LogP contribution in [0.3, 0.4) is 0 Å². The van der Waals surface area contributed by atoms with Gasteiger partial charge >= 0.3 is 0 Å². The molecule has 0 amide bonds. The third kappa shape index (κ3) is 2.08. The maximum Gasteiger partial charge on any atom is 0.147 e. The molecule has 0 saturated heterocycles. The highest BCUT2D eigenvalue weighted by molar-refractivity contribution is 6.30. The second-order valence-corrected chi connectivity index (χ2v) is 7.14. The van der Waals surface area contributed by atoms with Gasteiger partial charge in [0, 0.05) is 26.7 Å². The Bertz CT molecular complexity index is 1470. The fourth-order valence-corrected chi connectivity index (χ4v) is 4.05. The van der Waals surface area contributed by atoms with Gasteiger partial charge in [-0.25, -0.2) is 0 Å². The Morgan fingerprint density at radius 1 is 0.556 bits per heavy atom. The Morgan fingerprint density at radius 2 is 1.33 bits per heavy atom. The highest BCUT2D eigenvalue weighted by Crippen LogP contribution is 2.41. The van der Waals surface area contributed by atoms with Gasteiger partial charge in [0.05, 0.1) is 5.39 Å². The SMILES string of the molecule is Clc1ccc(-c2cccc3c2oc2c3ccc3oc4ccccc4c32)cc1. The second-order valence-electron chi connectivity index (χ2n) is 6.70. The molecule has 4 aromatic carbocycles. The van der Waals surface area contributed by atoms with Crippen molar-refractivity contribution < 1.29 is 8.83 Å². The molecular weight excluding hydrogens is 356 g/mol. The first kappa shape index (κ1) is 14.9. The Morgan fingerprint density at radius 3 is 2.22 bits per heavy atom. The van der Waals surface area contributed by atoms with E-state index in [1.54, 1.807) is 0 Å². The first-order valence-electron chi connectivity index (χ1n) is 8.81. The number of halogens is 1. The van der Waals surface area contributed by atoms with Crippen LogP contribution in [0.5, 0.6) is 0 Å². The number of fused-ring (bicyclic) bond motifs is 7. The summed E-state index contributed by atoms with van der Waals surface area (Å²) >= 11 is 6.06.